The van der Waals surface area contributed by atoms with Crippen LogP contribution >= 0.6 is 0 Å². The lowest BCUT2D eigenvalue weighted by Crippen LogP contribution is -2.38. The predicted molar refractivity (Wildman–Crippen MR) is 64.0 cm³/mol. The van der Waals surface area contributed by atoms with Crippen LogP contribution in [0.2, 0.25) is 0 Å². The number of Topliss-reactive ketones (excluding diaryl/α,β-unsaturated/α-hetero) is 1. The van der Waals surface area contributed by atoms with Crippen molar-refractivity contribution in [1.29, 1.82) is 0 Å². The highest BCUT2D eigenvalue weighted by Gasteiger charge is 2.25. The van der Waals surface area contributed by atoms with Gasteiger partial charge in [0.15, 0.2) is 5.78 Å². The SMILES string of the molecule is CCCC(CC)C(=O)CNC(=O)C1CCC1. The van der Waals surface area contributed by atoms with Crippen molar-refractivity contribution in [1.82, 2.24) is 5.32 Å². The van der Waals surface area contributed by atoms with Crippen LogP contribution in [-0.4, -0.2) is 18.2 Å². The number of carbonyl (C=O) groups is 2. The zero-order valence-electron chi connectivity index (χ0n) is 10.4. The third-order valence-corrected chi connectivity index (χ3v) is 3.50. The van der Waals surface area contributed by atoms with Crippen LogP contribution in [0.3, 0.4) is 0 Å². The molecule has 1 saturated carbocycles. The van der Waals surface area contributed by atoms with E-state index in [1.54, 1.807) is 0 Å². The van der Waals surface area contributed by atoms with Crippen LogP contribution < -0.4 is 5.32 Å². The van der Waals surface area contributed by atoms with Gasteiger partial charge >= 0.3 is 0 Å². The average Bonchev–Trinajstić information content (AvgIpc) is 2.20. The van der Waals surface area contributed by atoms with E-state index < -0.39 is 0 Å². The number of carbonyl (C=O) groups excluding carboxylic acids is 2. The van der Waals surface area contributed by atoms with E-state index in [0.29, 0.717) is 0 Å². The minimum absolute atomic E-state index is 0.0750. The van der Waals surface area contributed by atoms with E-state index in [1.807, 2.05) is 6.92 Å². The topological polar surface area (TPSA) is 46.2 Å². The number of amides is 1. The number of hydrogen-bond acceptors (Lipinski definition) is 2. The number of rotatable bonds is 7. The van der Waals surface area contributed by atoms with Crippen LogP contribution in [0.15, 0.2) is 0 Å². The lowest BCUT2D eigenvalue weighted by molar-refractivity contribution is -0.130. The summed E-state index contributed by atoms with van der Waals surface area (Å²) in [6, 6.07) is 0. The highest BCUT2D eigenvalue weighted by atomic mass is 16.2. The fraction of sp³-hybridized carbons (Fsp3) is 0.846. The maximum atomic E-state index is 11.8. The summed E-state index contributed by atoms with van der Waals surface area (Å²) in [6.45, 7) is 4.35. The summed E-state index contributed by atoms with van der Waals surface area (Å²) >= 11 is 0. The Hall–Kier alpha value is -0.860. The quantitative estimate of drug-likeness (QED) is 0.722. The molecule has 1 aliphatic carbocycles. The van der Waals surface area contributed by atoms with Crippen LogP contribution in [0, 0.1) is 11.8 Å². The molecule has 1 aliphatic rings. The van der Waals surface area contributed by atoms with Crippen molar-refractivity contribution in [2.75, 3.05) is 6.54 Å². The molecule has 1 amide bonds. The van der Waals surface area contributed by atoms with Gasteiger partial charge in [0.25, 0.3) is 0 Å². The lowest BCUT2D eigenvalue weighted by atomic mass is 9.84. The smallest absolute Gasteiger partial charge is 0.223 e. The highest BCUT2D eigenvalue weighted by molar-refractivity contribution is 5.88. The third-order valence-electron chi connectivity index (χ3n) is 3.50. The molecule has 0 radical (unpaired) electrons. The van der Waals surface area contributed by atoms with Crippen molar-refractivity contribution >= 4 is 11.7 Å². The molecule has 1 rings (SSSR count). The summed E-state index contributed by atoms with van der Waals surface area (Å²) in [5, 5.41) is 2.77. The summed E-state index contributed by atoms with van der Waals surface area (Å²) in [6.07, 6.45) is 5.99. The second kappa shape index (κ2) is 6.66. The van der Waals surface area contributed by atoms with Gasteiger partial charge in [0, 0.05) is 11.8 Å². The van der Waals surface area contributed by atoms with Crippen LogP contribution in [0.4, 0.5) is 0 Å². The van der Waals surface area contributed by atoms with Gasteiger partial charge in [-0.05, 0) is 25.7 Å². The summed E-state index contributed by atoms with van der Waals surface area (Å²) in [5.74, 6) is 0.578. The fourth-order valence-electron chi connectivity index (χ4n) is 2.07. The van der Waals surface area contributed by atoms with E-state index in [2.05, 4.69) is 12.2 Å². The molecule has 0 saturated heterocycles. The van der Waals surface area contributed by atoms with Crippen molar-refractivity contribution in [2.45, 2.75) is 52.4 Å². The Morgan fingerprint density at radius 2 is 2.00 bits per heavy atom. The molecule has 0 aromatic heterocycles. The minimum atomic E-state index is 0.0750. The molecule has 0 spiro atoms. The molecular formula is C13H23NO2. The van der Waals surface area contributed by atoms with Crippen LogP contribution in [0.5, 0.6) is 0 Å². The Morgan fingerprint density at radius 3 is 2.44 bits per heavy atom. The van der Waals surface area contributed by atoms with Crippen molar-refractivity contribution in [2.24, 2.45) is 11.8 Å². The molecule has 0 aromatic rings. The first kappa shape index (κ1) is 13.2. The number of hydrogen-bond donors (Lipinski definition) is 1. The summed E-state index contributed by atoms with van der Waals surface area (Å²) < 4.78 is 0. The molecule has 1 atom stereocenters. The maximum absolute atomic E-state index is 11.8. The van der Waals surface area contributed by atoms with Gasteiger partial charge in [-0.2, -0.15) is 0 Å². The van der Waals surface area contributed by atoms with Crippen molar-refractivity contribution in [3.05, 3.63) is 0 Å². The Morgan fingerprint density at radius 1 is 1.31 bits per heavy atom. The van der Waals surface area contributed by atoms with Gasteiger partial charge in [-0.15, -0.1) is 0 Å². The Labute approximate surface area is 98.0 Å². The molecule has 3 nitrogen and oxygen atoms in total. The standard InChI is InChI=1S/C13H23NO2/c1-3-6-10(4-2)12(15)9-14-13(16)11-7-5-8-11/h10-11H,3-9H2,1-2H3,(H,14,16). The van der Waals surface area contributed by atoms with Crippen molar-refractivity contribution in [3.8, 4) is 0 Å². The molecule has 1 unspecified atom stereocenters. The molecule has 0 aliphatic heterocycles. The van der Waals surface area contributed by atoms with Gasteiger partial charge in [-0.1, -0.05) is 26.7 Å². The maximum Gasteiger partial charge on any atom is 0.223 e. The molecule has 1 N–H and O–H groups in total. The van der Waals surface area contributed by atoms with Crippen LogP contribution in [0.1, 0.15) is 52.4 Å². The lowest BCUT2D eigenvalue weighted by Gasteiger charge is -2.24. The number of nitrogens with one attached hydrogen (secondary N) is 1. The summed E-state index contributed by atoms with van der Waals surface area (Å²) in [5.41, 5.74) is 0. The molecule has 1 fully saturated rings. The third kappa shape index (κ3) is 3.62. The van der Waals surface area contributed by atoms with Gasteiger partial charge in [0.2, 0.25) is 5.91 Å². The Bertz CT molecular complexity index is 246. The minimum Gasteiger partial charge on any atom is -0.349 e. The highest BCUT2D eigenvalue weighted by Crippen LogP contribution is 2.26. The normalized spacial score (nSPS) is 17.6. The predicted octanol–water partition coefficient (Wildman–Crippen LogP) is 2.30. The Balaban J connectivity index is 2.24. The van der Waals surface area contributed by atoms with E-state index in [1.165, 1.54) is 0 Å². The van der Waals surface area contributed by atoms with Crippen molar-refractivity contribution in [3.63, 3.8) is 0 Å². The molecular weight excluding hydrogens is 202 g/mol. The molecule has 16 heavy (non-hydrogen) atoms. The first-order valence-electron chi connectivity index (χ1n) is 6.49. The fourth-order valence-corrected chi connectivity index (χ4v) is 2.07. The van der Waals surface area contributed by atoms with E-state index in [4.69, 9.17) is 0 Å². The van der Waals surface area contributed by atoms with Gasteiger partial charge in [-0.3, -0.25) is 9.59 Å². The van der Waals surface area contributed by atoms with E-state index >= 15 is 0 Å². The van der Waals surface area contributed by atoms with Crippen LogP contribution in [-0.2, 0) is 9.59 Å². The zero-order chi connectivity index (χ0) is 12.0. The van der Waals surface area contributed by atoms with Crippen molar-refractivity contribution < 1.29 is 9.59 Å². The summed E-state index contributed by atoms with van der Waals surface area (Å²) in [7, 11) is 0. The molecule has 0 aromatic carbocycles. The molecule has 92 valence electrons. The largest absolute Gasteiger partial charge is 0.349 e. The summed E-state index contributed by atoms with van der Waals surface area (Å²) in [4.78, 5) is 23.3. The van der Waals surface area contributed by atoms with E-state index in [0.717, 1.165) is 38.5 Å². The first-order valence-corrected chi connectivity index (χ1v) is 6.49. The van der Waals surface area contributed by atoms with Gasteiger partial charge in [0.05, 0.1) is 6.54 Å². The first-order chi connectivity index (χ1) is 7.69. The Kier molecular flexibility index (Phi) is 5.50. The number of ketones is 1. The van der Waals surface area contributed by atoms with E-state index in [-0.39, 0.29) is 30.1 Å². The second-order valence-electron chi connectivity index (χ2n) is 4.71. The molecule has 0 heterocycles. The molecule has 0 bridgehead atoms. The molecule has 3 heteroatoms. The van der Waals surface area contributed by atoms with Gasteiger partial charge in [-0.25, -0.2) is 0 Å². The van der Waals surface area contributed by atoms with Crippen LogP contribution in [0.25, 0.3) is 0 Å². The van der Waals surface area contributed by atoms with E-state index in [9.17, 15) is 9.59 Å². The average molecular weight is 225 g/mol. The van der Waals surface area contributed by atoms with Gasteiger partial charge in [0.1, 0.15) is 0 Å². The van der Waals surface area contributed by atoms with Gasteiger partial charge < -0.3 is 5.32 Å². The second-order valence-corrected chi connectivity index (χ2v) is 4.71. The monoisotopic (exact) mass is 225 g/mol. The zero-order valence-corrected chi connectivity index (χ0v) is 10.4.